The SMILES string of the molecule is CC(=O)Nc1ccc(CN2CCC(Cc3cnn(C)c3)C2)cc1. The minimum atomic E-state index is -0.0319. The van der Waals surface area contributed by atoms with Crippen molar-refractivity contribution in [2.75, 3.05) is 18.4 Å². The normalized spacial score (nSPS) is 18.3. The van der Waals surface area contributed by atoms with Crippen molar-refractivity contribution in [2.24, 2.45) is 13.0 Å². The van der Waals surface area contributed by atoms with Crippen molar-refractivity contribution in [3.63, 3.8) is 0 Å². The van der Waals surface area contributed by atoms with Crippen LogP contribution in [0.25, 0.3) is 0 Å². The molecule has 1 saturated heterocycles. The molecule has 122 valence electrons. The van der Waals surface area contributed by atoms with Gasteiger partial charge >= 0.3 is 0 Å². The third kappa shape index (κ3) is 4.42. The van der Waals surface area contributed by atoms with Gasteiger partial charge in [0.05, 0.1) is 6.20 Å². The number of anilines is 1. The van der Waals surface area contributed by atoms with Crippen LogP contribution in [0.4, 0.5) is 5.69 Å². The molecule has 0 spiro atoms. The monoisotopic (exact) mass is 312 g/mol. The van der Waals surface area contributed by atoms with Gasteiger partial charge in [-0.25, -0.2) is 0 Å². The molecule has 1 aromatic heterocycles. The Hall–Kier alpha value is -2.14. The number of carbonyl (C=O) groups excluding carboxylic acids is 1. The summed E-state index contributed by atoms with van der Waals surface area (Å²) in [6.45, 7) is 4.80. The lowest BCUT2D eigenvalue weighted by Gasteiger charge is -2.16. The van der Waals surface area contributed by atoms with Gasteiger partial charge in [0.25, 0.3) is 0 Å². The number of nitrogens with zero attached hydrogens (tertiary/aromatic N) is 3. The predicted molar refractivity (Wildman–Crippen MR) is 91.0 cm³/mol. The van der Waals surface area contributed by atoms with Crippen molar-refractivity contribution in [1.82, 2.24) is 14.7 Å². The van der Waals surface area contributed by atoms with Crippen molar-refractivity contribution in [1.29, 1.82) is 0 Å². The van der Waals surface area contributed by atoms with Crippen molar-refractivity contribution in [2.45, 2.75) is 26.3 Å². The van der Waals surface area contributed by atoms with Gasteiger partial charge in [0.2, 0.25) is 5.91 Å². The van der Waals surface area contributed by atoms with Gasteiger partial charge in [-0.1, -0.05) is 12.1 Å². The van der Waals surface area contributed by atoms with E-state index in [2.05, 4.69) is 33.6 Å². The topological polar surface area (TPSA) is 50.2 Å². The van der Waals surface area contributed by atoms with E-state index in [9.17, 15) is 4.79 Å². The molecule has 0 aliphatic carbocycles. The molecule has 1 aromatic carbocycles. The van der Waals surface area contributed by atoms with Crippen LogP contribution in [0.2, 0.25) is 0 Å². The molecule has 5 heteroatoms. The number of amides is 1. The molecule has 1 amide bonds. The van der Waals surface area contributed by atoms with E-state index in [0.29, 0.717) is 0 Å². The molecule has 1 fully saturated rings. The van der Waals surface area contributed by atoms with Crippen LogP contribution >= 0.6 is 0 Å². The molecule has 1 aliphatic heterocycles. The molecule has 1 atom stereocenters. The average Bonchev–Trinajstić information content (AvgIpc) is 3.10. The summed E-state index contributed by atoms with van der Waals surface area (Å²) < 4.78 is 1.87. The molecular formula is C18H24N4O. The Morgan fingerprint density at radius 3 is 2.74 bits per heavy atom. The number of carbonyl (C=O) groups is 1. The van der Waals surface area contributed by atoms with Crippen LogP contribution in [-0.4, -0.2) is 33.7 Å². The number of benzene rings is 1. The Bertz CT molecular complexity index is 662. The molecule has 0 bridgehead atoms. The third-order valence-electron chi connectivity index (χ3n) is 4.33. The minimum Gasteiger partial charge on any atom is -0.326 e. The first-order valence-electron chi connectivity index (χ1n) is 8.15. The highest BCUT2D eigenvalue weighted by Crippen LogP contribution is 2.22. The third-order valence-corrected chi connectivity index (χ3v) is 4.33. The first-order valence-corrected chi connectivity index (χ1v) is 8.15. The summed E-state index contributed by atoms with van der Waals surface area (Å²) in [4.78, 5) is 13.5. The highest BCUT2D eigenvalue weighted by molar-refractivity contribution is 5.88. The first kappa shape index (κ1) is 15.7. The lowest BCUT2D eigenvalue weighted by molar-refractivity contribution is -0.114. The highest BCUT2D eigenvalue weighted by Gasteiger charge is 2.23. The fourth-order valence-corrected chi connectivity index (χ4v) is 3.29. The molecule has 0 saturated carbocycles. The Morgan fingerprint density at radius 2 is 2.09 bits per heavy atom. The molecule has 3 rings (SSSR count). The number of aryl methyl sites for hydroxylation is 1. The van der Waals surface area contributed by atoms with Gasteiger partial charge in [-0.3, -0.25) is 14.4 Å². The minimum absolute atomic E-state index is 0.0319. The maximum Gasteiger partial charge on any atom is 0.221 e. The first-order chi connectivity index (χ1) is 11.1. The molecule has 1 unspecified atom stereocenters. The van der Waals surface area contributed by atoms with Crippen LogP contribution in [0.3, 0.4) is 0 Å². The zero-order valence-electron chi connectivity index (χ0n) is 13.8. The molecule has 0 radical (unpaired) electrons. The van der Waals surface area contributed by atoms with E-state index >= 15 is 0 Å². The van der Waals surface area contributed by atoms with E-state index in [0.717, 1.165) is 37.7 Å². The number of hydrogen-bond donors (Lipinski definition) is 1. The second-order valence-corrected chi connectivity index (χ2v) is 6.49. The average molecular weight is 312 g/mol. The van der Waals surface area contributed by atoms with Gasteiger partial charge in [-0.15, -0.1) is 0 Å². The fourth-order valence-electron chi connectivity index (χ4n) is 3.29. The predicted octanol–water partition coefficient (Wildman–Crippen LogP) is 2.44. The molecule has 2 aromatic rings. The lowest BCUT2D eigenvalue weighted by atomic mass is 10.0. The summed E-state index contributed by atoms with van der Waals surface area (Å²) in [6.07, 6.45) is 6.46. The van der Waals surface area contributed by atoms with Crippen LogP contribution in [0.5, 0.6) is 0 Å². The van der Waals surface area contributed by atoms with Crippen LogP contribution < -0.4 is 5.32 Å². The van der Waals surface area contributed by atoms with Gasteiger partial charge in [0, 0.05) is 38.9 Å². The van der Waals surface area contributed by atoms with Crippen molar-refractivity contribution in [3.8, 4) is 0 Å². The summed E-state index contributed by atoms with van der Waals surface area (Å²) in [6, 6.07) is 8.14. The Morgan fingerprint density at radius 1 is 1.30 bits per heavy atom. The Balaban J connectivity index is 1.50. The summed E-state index contributed by atoms with van der Waals surface area (Å²) in [5.41, 5.74) is 3.48. The summed E-state index contributed by atoms with van der Waals surface area (Å²) >= 11 is 0. The molecule has 2 heterocycles. The molecular weight excluding hydrogens is 288 g/mol. The summed E-state index contributed by atoms with van der Waals surface area (Å²) in [7, 11) is 1.97. The van der Waals surface area contributed by atoms with Crippen LogP contribution in [0.1, 0.15) is 24.5 Å². The second-order valence-electron chi connectivity index (χ2n) is 6.49. The van der Waals surface area contributed by atoms with E-state index in [1.165, 1.54) is 24.5 Å². The summed E-state index contributed by atoms with van der Waals surface area (Å²) in [5.74, 6) is 0.688. The number of nitrogens with one attached hydrogen (secondary N) is 1. The molecule has 5 nitrogen and oxygen atoms in total. The van der Waals surface area contributed by atoms with Crippen LogP contribution in [-0.2, 0) is 24.8 Å². The Labute approximate surface area is 137 Å². The highest BCUT2D eigenvalue weighted by atomic mass is 16.1. The standard InChI is InChI=1S/C18H24N4O/c1-14(23)20-18-5-3-15(4-6-18)12-22-8-7-16(13-22)9-17-10-19-21(2)11-17/h3-6,10-11,16H,7-9,12-13H2,1-2H3,(H,20,23). The second kappa shape index (κ2) is 6.96. The number of aromatic nitrogens is 2. The molecule has 1 aliphatic rings. The van der Waals surface area contributed by atoms with E-state index in [1.54, 1.807) is 0 Å². The van der Waals surface area contributed by atoms with Crippen molar-refractivity contribution >= 4 is 11.6 Å². The number of likely N-dealkylation sites (tertiary alicyclic amines) is 1. The number of hydrogen-bond acceptors (Lipinski definition) is 3. The lowest BCUT2D eigenvalue weighted by Crippen LogP contribution is -2.20. The Kier molecular flexibility index (Phi) is 4.76. The van der Waals surface area contributed by atoms with E-state index in [1.807, 2.05) is 30.1 Å². The largest absolute Gasteiger partial charge is 0.326 e. The van der Waals surface area contributed by atoms with Gasteiger partial charge in [0.15, 0.2) is 0 Å². The van der Waals surface area contributed by atoms with E-state index < -0.39 is 0 Å². The van der Waals surface area contributed by atoms with Crippen LogP contribution in [0.15, 0.2) is 36.7 Å². The van der Waals surface area contributed by atoms with Gasteiger partial charge in [0.1, 0.15) is 0 Å². The quantitative estimate of drug-likeness (QED) is 0.922. The molecule has 1 N–H and O–H groups in total. The maximum atomic E-state index is 11.0. The maximum absolute atomic E-state index is 11.0. The summed E-state index contributed by atoms with van der Waals surface area (Å²) in [5, 5.41) is 7.05. The number of rotatable bonds is 5. The van der Waals surface area contributed by atoms with Gasteiger partial charge < -0.3 is 5.32 Å². The van der Waals surface area contributed by atoms with E-state index in [4.69, 9.17) is 0 Å². The zero-order chi connectivity index (χ0) is 16.2. The van der Waals surface area contributed by atoms with Gasteiger partial charge in [-0.05, 0) is 48.6 Å². The fraction of sp³-hybridized carbons (Fsp3) is 0.444. The zero-order valence-corrected chi connectivity index (χ0v) is 13.8. The van der Waals surface area contributed by atoms with Gasteiger partial charge in [-0.2, -0.15) is 5.10 Å². The van der Waals surface area contributed by atoms with Crippen molar-refractivity contribution < 1.29 is 4.79 Å². The molecule has 23 heavy (non-hydrogen) atoms. The van der Waals surface area contributed by atoms with Crippen molar-refractivity contribution in [3.05, 3.63) is 47.8 Å². The smallest absolute Gasteiger partial charge is 0.221 e. The van der Waals surface area contributed by atoms with Crippen LogP contribution in [0, 0.1) is 5.92 Å². The van der Waals surface area contributed by atoms with E-state index in [-0.39, 0.29) is 5.91 Å².